The summed E-state index contributed by atoms with van der Waals surface area (Å²) in [5, 5.41) is 0.697. The van der Waals surface area contributed by atoms with Crippen molar-refractivity contribution in [3.05, 3.63) is 69.6 Å². The Labute approximate surface area is 163 Å². The maximum atomic E-state index is 12.4. The fourth-order valence-electron chi connectivity index (χ4n) is 2.17. The van der Waals surface area contributed by atoms with Crippen LogP contribution in [0.1, 0.15) is 15.4 Å². The summed E-state index contributed by atoms with van der Waals surface area (Å²) >= 11 is 4.42. The summed E-state index contributed by atoms with van der Waals surface area (Å²) in [4.78, 5) is 19.3. The zero-order valence-electron chi connectivity index (χ0n) is 13.6. The van der Waals surface area contributed by atoms with Crippen molar-refractivity contribution in [3.63, 3.8) is 0 Å². The van der Waals surface area contributed by atoms with Crippen molar-refractivity contribution in [1.82, 2.24) is 15.2 Å². The number of aryl methyl sites for hydroxylation is 1. The highest BCUT2D eigenvalue weighted by atomic mass is 79.9. The molecule has 1 aromatic heterocycles. The van der Waals surface area contributed by atoms with Crippen molar-refractivity contribution < 1.29 is 13.2 Å². The van der Waals surface area contributed by atoms with E-state index in [0.29, 0.717) is 20.1 Å². The Morgan fingerprint density at radius 1 is 1.12 bits per heavy atom. The summed E-state index contributed by atoms with van der Waals surface area (Å²) in [7, 11) is -3.87. The average molecular weight is 452 g/mol. The van der Waals surface area contributed by atoms with Crippen LogP contribution in [0, 0.1) is 6.92 Å². The Bertz CT molecular complexity index is 1050. The first-order valence-corrected chi connectivity index (χ1v) is 10.6. The molecule has 0 aliphatic carbocycles. The van der Waals surface area contributed by atoms with E-state index in [1.165, 1.54) is 23.5 Å². The number of amides is 1. The Morgan fingerprint density at radius 3 is 2.54 bits per heavy atom. The van der Waals surface area contributed by atoms with Gasteiger partial charge in [-0.25, -0.2) is 13.4 Å². The lowest BCUT2D eigenvalue weighted by atomic mass is 10.2. The van der Waals surface area contributed by atoms with E-state index in [0.717, 1.165) is 5.56 Å². The van der Waals surface area contributed by atoms with Crippen LogP contribution in [0.4, 0.5) is 0 Å². The van der Waals surface area contributed by atoms with E-state index in [9.17, 15) is 13.2 Å². The largest absolute Gasteiger partial charge is 0.278 e. The van der Waals surface area contributed by atoms with Crippen molar-refractivity contribution in [1.29, 1.82) is 0 Å². The van der Waals surface area contributed by atoms with E-state index < -0.39 is 15.9 Å². The Morgan fingerprint density at radius 2 is 1.85 bits per heavy atom. The molecule has 134 valence electrons. The highest BCUT2D eigenvalue weighted by molar-refractivity contribution is 9.10. The third-order valence-electron chi connectivity index (χ3n) is 3.43. The van der Waals surface area contributed by atoms with Gasteiger partial charge in [0.25, 0.3) is 15.9 Å². The van der Waals surface area contributed by atoms with Crippen LogP contribution < -0.4 is 10.3 Å². The number of nitrogens with zero attached hydrogens (tertiary/aromatic N) is 1. The third-order valence-corrected chi connectivity index (χ3v) is 6.37. The number of hydrazine groups is 1. The first-order chi connectivity index (χ1) is 12.4. The minimum absolute atomic E-state index is 0.0400. The third kappa shape index (κ3) is 4.18. The van der Waals surface area contributed by atoms with Crippen LogP contribution in [0.5, 0.6) is 0 Å². The predicted octanol–water partition coefficient (Wildman–Crippen LogP) is 3.50. The van der Waals surface area contributed by atoms with Gasteiger partial charge in [0, 0.05) is 10.0 Å². The van der Waals surface area contributed by atoms with Gasteiger partial charge in [0.1, 0.15) is 9.88 Å². The summed E-state index contributed by atoms with van der Waals surface area (Å²) in [6.07, 6.45) is 0. The molecule has 0 saturated carbocycles. The molecular weight excluding hydrogens is 438 g/mol. The monoisotopic (exact) mass is 451 g/mol. The molecule has 2 N–H and O–H groups in total. The van der Waals surface area contributed by atoms with E-state index >= 15 is 0 Å². The molecule has 0 radical (unpaired) electrons. The second-order valence-electron chi connectivity index (χ2n) is 5.32. The van der Waals surface area contributed by atoms with E-state index in [4.69, 9.17) is 0 Å². The predicted molar refractivity (Wildman–Crippen MR) is 104 cm³/mol. The number of carbonyl (C=O) groups is 1. The number of carbonyl (C=O) groups excluding carboxylic acids is 1. The van der Waals surface area contributed by atoms with E-state index in [1.807, 2.05) is 30.3 Å². The molecule has 0 fully saturated rings. The van der Waals surface area contributed by atoms with Gasteiger partial charge in [0.2, 0.25) is 0 Å². The smallest absolute Gasteiger partial charge is 0.273 e. The number of rotatable bonds is 5. The molecule has 0 bridgehead atoms. The average Bonchev–Trinajstić information content (AvgIpc) is 3.02. The number of sulfonamides is 1. The number of hydrogen-bond acceptors (Lipinski definition) is 5. The van der Waals surface area contributed by atoms with Gasteiger partial charge in [-0.15, -0.1) is 16.2 Å². The summed E-state index contributed by atoms with van der Waals surface area (Å²) < 4.78 is 25.2. The highest BCUT2D eigenvalue weighted by Crippen LogP contribution is 2.27. The number of thiazole rings is 1. The molecule has 0 aliphatic rings. The van der Waals surface area contributed by atoms with E-state index in [1.54, 1.807) is 19.1 Å². The number of nitrogens with one attached hydrogen (secondary N) is 2. The molecule has 1 amide bonds. The van der Waals surface area contributed by atoms with Crippen LogP contribution >= 0.6 is 27.3 Å². The topological polar surface area (TPSA) is 88.2 Å². The fourth-order valence-corrected chi connectivity index (χ4v) is 4.58. The van der Waals surface area contributed by atoms with Crippen LogP contribution in [0.2, 0.25) is 0 Å². The Kier molecular flexibility index (Phi) is 5.52. The molecule has 2 aromatic carbocycles. The first-order valence-electron chi connectivity index (χ1n) is 7.47. The van der Waals surface area contributed by atoms with Crippen molar-refractivity contribution in [2.24, 2.45) is 0 Å². The molecule has 0 unspecified atom stereocenters. The van der Waals surface area contributed by atoms with E-state index in [-0.39, 0.29) is 4.90 Å². The number of benzene rings is 2. The highest BCUT2D eigenvalue weighted by Gasteiger charge is 2.19. The molecule has 3 aromatic rings. The lowest BCUT2D eigenvalue weighted by molar-refractivity contribution is 0.0948. The van der Waals surface area contributed by atoms with Gasteiger partial charge < -0.3 is 0 Å². The van der Waals surface area contributed by atoms with Crippen LogP contribution in [-0.4, -0.2) is 19.3 Å². The van der Waals surface area contributed by atoms with Gasteiger partial charge in [0.05, 0.1) is 10.6 Å². The zero-order chi connectivity index (χ0) is 18.7. The fraction of sp³-hybridized carbons (Fsp3) is 0.0588. The zero-order valence-corrected chi connectivity index (χ0v) is 16.8. The van der Waals surface area contributed by atoms with Crippen LogP contribution in [0.15, 0.2) is 64.0 Å². The van der Waals surface area contributed by atoms with Crippen molar-refractivity contribution in [2.45, 2.75) is 11.8 Å². The molecule has 1 heterocycles. The minimum Gasteiger partial charge on any atom is -0.273 e. The molecular formula is C17H14BrN3O3S2. The first kappa shape index (κ1) is 18.7. The van der Waals surface area contributed by atoms with Crippen molar-refractivity contribution in [2.75, 3.05) is 0 Å². The molecule has 0 aliphatic heterocycles. The van der Waals surface area contributed by atoms with E-state index in [2.05, 4.69) is 31.2 Å². The number of hydrogen-bond donors (Lipinski definition) is 2. The minimum atomic E-state index is -3.87. The quantitative estimate of drug-likeness (QED) is 0.580. The van der Waals surface area contributed by atoms with Gasteiger partial charge in [-0.3, -0.25) is 10.2 Å². The summed E-state index contributed by atoms with van der Waals surface area (Å²) in [5.41, 5.74) is 3.67. The standard InChI is InChI=1S/C17H14BrN3O3S2/c1-11-15(25-17(19-11)12-6-3-2-4-7-12)16(22)20-21-26(23,24)14-9-5-8-13(18)10-14/h2-10,21H,1H3,(H,20,22). The SMILES string of the molecule is Cc1nc(-c2ccccc2)sc1C(=O)NNS(=O)(=O)c1cccc(Br)c1. The van der Waals surface area contributed by atoms with Gasteiger partial charge in [-0.05, 0) is 25.1 Å². The molecule has 26 heavy (non-hydrogen) atoms. The van der Waals surface area contributed by atoms with Crippen molar-refractivity contribution in [3.8, 4) is 10.6 Å². The second kappa shape index (κ2) is 7.67. The molecule has 6 nitrogen and oxygen atoms in total. The van der Waals surface area contributed by atoms with Crippen molar-refractivity contribution >= 4 is 43.2 Å². The lowest BCUT2D eigenvalue weighted by Crippen LogP contribution is -2.41. The maximum absolute atomic E-state index is 12.4. The van der Waals surface area contributed by atoms with Gasteiger partial charge in [0.15, 0.2) is 0 Å². The number of halogens is 1. The van der Waals surface area contributed by atoms with Gasteiger partial charge in [-0.2, -0.15) is 0 Å². The summed E-state index contributed by atoms with van der Waals surface area (Å²) in [6, 6.07) is 15.7. The molecule has 3 rings (SSSR count). The van der Waals surface area contributed by atoms with Crippen LogP contribution in [0.25, 0.3) is 10.6 Å². The van der Waals surface area contributed by atoms with Gasteiger partial charge in [-0.1, -0.05) is 52.3 Å². The second-order valence-corrected chi connectivity index (χ2v) is 8.91. The lowest BCUT2D eigenvalue weighted by Gasteiger charge is -2.08. The Hall–Kier alpha value is -2.07. The Balaban J connectivity index is 1.76. The van der Waals surface area contributed by atoms with Crippen LogP contribution in [0.3, 0.4) is 0 Å². The van der Waals surface area contributed by atoms with Gasteiger partial charge >= 0.3 is 0 Å². The molecule has 9 heteroatoms. The summed E-state index contributed by atoms with van der Waals surface area (Å²) in [6.45, 7) is 1.71. The number of aromatic nitrogens is 1. The normalized spacial score (nSPS) is 11.3. The molecule has 0 atom stereocenters. The maximum Gasteiger partial charge on any atom is 0.278 e. The van der Waals surface area contributed by atoms with Crippen LogP contribution in [-0.2, 0) is 10.0 Å². The molecule has 0 saturated heterocycles. The summed E-state index contributed by atoms with van der Waals surface area (Å²) in [5.74, 6) is -0.555. The molecule has 0 spiro atoms.